The van der Waals surface area contributed by atoms with Gasteiger partial charge in [-0.1, -0.05) is 78.9 Å². The Balaban J connectivity index is 1.05. The van der Waals surface area contributed by atoms with Crippen molar-refractivity contribution >= 4 is 41.9 Å². The molecule has 0 aliphatic rings. The van der Waals surface area contributed by atoms with Crippen LogP contribution < -0.4 is 20.1 Å². The molecule has 11 nitrogen and oxygen atoms in total. The number of benzene rings is 6. The molecule has 6 aromatic carbocycles. The van der Waals surface area contributed by atoms with E-state index < -0.39 is 14.1 Å². The lowest BCUT2D eigenvalue weighted by Gasteiger charge is -2.36. The summed E-state index contributed by atoms with van der Waals surface area (Å²) in [6.45, 7) is 10.7. The molecule has 346 valence electrons. The average molecular weight is 911 g/mol. The Morgan fingerprint density at radius 1 is 0.606 bits per heavy atom. The molecule has 0 spiro atoms. The first-order valence-corrected chi connectivity index (χ1v) is 23.9. The van der Waals surface area contributed by atoms with Gasteiger partial charge >= 0.3 is 0 Å². The molecule has 0 aliphatic carbocycles. The van der Waals surface area contributed by atoms with E-state index in [1.807, 2.05) is 115 Å². The van der Waals surface area contributed by atoms with Crippen LogP contribution in [0.1, 0.15) is 97.2 Å². The highest BCUT2D eigenvalue weighted by molar-refractivity contribution is 7.44. The zero-order valence-electron chi connectivity index (χ0n) is 39.0. The maximum absolute atomic E-state index is 13.6. The van der Waals surface area contributed by atoms with Crippen molar-refractivity contribution in [3.8, 4) is 17.6 Å². The number of unbranched alkanes of at least 4 members (excludes halogenated alkanes) is 2. The summed E-state index contributed by atoms with van der Waals surface area (Å²) in [5.74, 6) is 1.20. The summed E-state index contributed by atoms with van der Waals surface area (Å²) in [4.78, 5) is 26.9. The van der Waals surface area contributed by atoms with E-state index in [1.165, 1.54) is 0 Å². The van der Waals surface area contributed by atoms with E-state index in [1.54, 1.807) is 14.2 Å². The first-order valence-electron chi connectivity index (χ1n) is 22.8. The van der Waals surface area contributed by atoms with Crippen LogP contribution in [0.5, 0.6) is 11.5 Å². The van der Waals surface area contributed by atoms with Gasteiger partial charge in [0.05, 0.1) is 39.9 Å². The normalized spacial score (nSPS) is 12.1. The van der Waals surface area contributed by atoms with Crippen LogP contribution in [-0.4, -0.2) is 75.7 Å². The Labute approximate surface area is 391 Å². The quantitative estimate of drug-likeness (QED) is 0.0249. The van der Waals surface area contributed by atoms with E-state index >= 15 is 0 Å². The van der Waals surface area contributed by atoms with E-state index in [2.05, 4.69) is 61.2 Å². The number of hydrogen-bond donors (Lipinski definition) is 2. The van der Waals surface area contributed by atoms with E-state index in [9.17, 15) is 9.59 Å². The fourth-order valence-corrected chi connectivity index (χ4v) is 9.78. The molecule has 12 heteroatoms. The highest BCUT2D eigenvalue weighted by atomic mass is 31.2. The molecule has 6 aromatic rings. The van der Waals surface area contributed by atoms with Crippen molar-refractivity contribution in [3.63, 3.8) is 0 Å². The van der Waals surface area contributed by atoms with Gasteiger partial charge in [0.25, 0.3) is 20.3 Å². The van der Waals surface area contributed by atoms with Gasteiger partial charge in [0.15, 0.2) is 0 Å². The fraction of sp³-hybridized carbons (Fsp3) is 0.352. The standard InChI is InChI=1S/C54H63N4O7P/c1-39(2)58(40(3)4)66(65-36-14-31-55)64-35-13-11-33-57-53(60)44-22-20-42-18-17-41-19-21-43(37-50(41)51(42)38-44)52(59)56-32-10-12-34-63-54(45-15-8-7-9-16-45,46-23-27-48(61-5)28-24-46)47-25-29-49(62-6)30-26-47/h7-9,15-30,37-40H,10-14,32-36H2,1-6H3,(H,56,59)(H,57,60). The van der Waals surface area contributed by atoms with Crippen LogP contribution in [0.4, 0.5) is 0 Å². The Morgan fingerprint density at radius 3 is 1.53 bits per heavy atom. The van der Waals surface area contributed by atoms with Gasteiger partial charge in [-0.2, -0.15) is 5.26 Å². The smallest absolute Gasteiger partial charge is 0.259 e. The molecule has 1 atom stereocenters. The highest BCUT2D eigenvalue weighted by Crippen LogP contribution is 2.46. The third-order valence-corrected chi connectivity index (χ3v) is 13.5. The first-order chi connectivity index (χ1) is 32.1. The van der Waals surface area contributed by atoms with Gasteiger partial charge < -0.3 is 33.9 Å². The second-order valence-corrected chi connectivity index (χ2v) is 18.0. The number of carbonyl (C=O) groups excluding carboxylic acids is 2. The van der Waals surface area contributed by atoms with Crippen LogP contribution in [-0.2, 0) is 19.4 Å². The number of nitrogens with zero attached hydrogens (tertiary/aromatic N) is 2. The van der Waals surface area contributed by atoms with E-state index in [0.717, 1.165) is 62.6 Å². The molecule has 0 heterocycles. The first kappa shape index (κ1) is 49.6. The number of amides is 2. The summed E-state index contributed by atoms with van der Waals surface area (Å²) in [5.41, 5.74) is 3.12. The van der Waals surface area contributed by atoms with Crippen LogP contribution in [0.15, 0.2) is 127 Å². The van der Waals surface area contributed by atoms with E-state index in [0.29, 0.717) is 63.3 Å². The molecule has 0 aromatic heterocycles. The van der Waals surface area contributed by atoms with Gasteiger partial charge in [-0.05, 0) is 140 Å². The third kappa shape index (κ3) is 12.5. The van der Waals surface area contributed by atoms with E-state index in [-0.39, 0.29) is 23.9 Å². The molecule has 0 aliphatic heterocycles. The minimum Gasteiger partial charge on any atom is -0.497 e. The number of carbonyl (C=O) groups is 2. The zero-order valence-corrected chi connectivity index (χ0v) is 39.9. The maximum Gasteiger partial charge on any atom is 0.259 e. The Hall–Kier alpha value is -5.86. The lowest BCUT2D eigenvalue weighted by Crippen LogP contribution is -2.33. The minimum absolute atomic E-state index is 0.158. The maximum atomic E-state index is 13.6. The second kappa shape index (κ2) is 24.6. The molecule has 0 saturated carbocycles. The molecule has 6 rings (SSSR count). The SMILES string of the molecule is COc1ccc(C(OCCCCNC(=O)c2ccc3ccc4ccc(C(=O)NCCCCOP(OCCC#N)N(C(C)C)C(C)C)cc4c3c2)(c2ccccc2)c2ccc(OC)cc2)cc1. The number of rotatable bonds is 25. The summed E-state index contributed by atoms with van der Waals surface area (Å²) in [6.07, 6.45) is 3.21. The number of ether oxygens (including phenoxy) is 3. The number of fused-ring (bicyclic) bond motifs is 3. The summed E-state index contributed by atoms with van der Waals surface area (Å²) in [7, 11) is 2.02. The topological polar surface area (TPSA) is 131 Å². The summed E-state index contributed by atoms with van der Waals surface area (Å²) < 4.78 is 32.3. The van der Waals surface area contributed by atoms with Crippen LogP contribution in [0.2, 0.25) is 0 Å². The minimum atomic E-state index is -1.30. The molecule has 0 saturated heterocycles. The number of hydrogen-bond acceptors (Lipinski definition) is 9. The van der Waals surface area contributed by atoms with Crippen molar-refractivity contribution in [2.45, 2.75) is 77.5 Å². The lowest BCUT2D eigenvalue weighted by atomic mass is 9.80. The van der Waals surface area contributed by atoms with Crippen molar-refractivity contribution in [1.82, 2.24) is 15.3 Å². The van der Waals surface area contributed by atoms with Gasteiger partial charge in [-0.15, -0.1) is 0 Å². The Morgan fingerprint density at radius 2 is 1.06 bits per heavy atom. The largest absolute Gasteiger partial charge is 0.497 e. The number of nitriles is 1. The van der Waals surface area contributed by atoms with Gasteiger partial charge in [-0.25, -0.2) is 4.67 Å². The van der Waals surface area contributed by atoms with Gasteiger partial charge in [-0.3, -0.25) is 9.59 Å². The third-order valence-electron chi connectivity index (χ3n) is 11.4. The summed E-state index contributed by atoms with van der Waals surface area (Å²) in [5, 5.41) is 18.9. The van der Waals surface area contributed by atoms with Gasteiger partial charge in [0.1, 0.15) is 17.1 Å². The van der Waals surface area contributed by atoms with Crippen LogP contribution in [0, 0.1) is 11.3 Å². The predicted molar refractivity (Wildman–Crippen MR) is 264 cm³/mol. The van der Waals surface area contributed by atoms with Crippen LogP contribution in [0.25, 0.3) is 21.5 Å². The highest BCUT2D eigenvalue weighted by Gasteiger charge is 2.38. The zero-order chi connectivity index (χ0) is 46.9. The van der Waals surface area contributed by atoms with Crippen molar-refractivity contribution < 1.29 is 32.8 Å². The molecule has 2 amide bonds. The predicted octanol–water partition coefficient (Wildman–Crippen LogP) is 11.3. The van der Waals surface area contributed by atoms with E-state index in [4.69, 9.17) is 28.5 Å². The van der Waals surface area contributed by atoms with Crippen molar-refractivity contribution in [2.75, 3.05) is 47.1 Å². The number of methoxy groups -OCH3 is 2. The van der Waals surface area contributed by atoms with Gasteiger partial charge in [0.2, 0.25) is 0 Å². The van der Waals surface area contributed by atoms with Crippen LogP contribution >= 0.6 is 8.53 Å². The molecule has 0 bridgehead atoms. The summed E-state index contributed by atoms with van der Waals surface area (Å²) >= 11 is 0. The molecule has 1 unspecified atom stereocenters. The lowest BCUT2D eigenvalue weighted by molar-refractivity contribution is 0.0108. The molecule has 0 radical (unpaired) electrons. The van der Waals surface area contributed by atoms with Gasteiger partial charge in [0, 0.05) is 42.9 Å². The number of nitrogens with one attached hydrogen (secondary N) is 2. The van der Waals surface area contributed by atoms with Crippen molar-refractivity contribution in [1.29, 1.82) is 5.26 Å². The molecule has 2 N–H and O–H groups in total. The Kier molecular flexibility index (Phi) is 18.5. The fourth-order valence-electron chi connectivity index (χ4n) is 8.15. The molecule has 0 fully saturated rings. The molecular weight excluding hydrogens is 848 g/mol. The second-order valence-electron chi connectivity index (χ2n) is 16.6. The molecule has 66 heavy (non-hydrogen) atoms. The molecular formula is C54H63N4O7P. The van der Waals surface area contributed by atoms with Crippen molar-refractivity contribution in [3.05, 3.63) is 155 Å². The Bertz CT molecular complexity index is 2470. The van der Waals surface area contributed by atoms with Crippen molar-refractivity contribution in [2.24, 2.45) is 0 Å². The monoisotopic (exact) mass is 910 g/mol. The average Bonchev–Trinajstić information content (AvgIpc) is 3.34. The van der Waals surface area contributed by atoms with Crippen LogP contribution in [0.3, 0.4) is 0 Å². The summed E-state index contributed by atoms with van der Waals surface area (Å²) in [6, 6.07) is 44.2.